The summed E-state index contributed by atoms with van der Waals surface area (Å²) in [6.45, 7) is 7.59. The molecule has 2 aliphatic rings. The van der Waals surface area contributed by atoms with Gasteiger partial charge in [0.05, 0.1) is 0 Å². The number of hydrogen-bond acceptors (Lipinski definition) is 2. The van der Waals surface area contributed by atoms with Crippen LogP contribution in [0.1, 0.15) is 45.1 Å². The van der Waals surface area contributed by atoms with E-state index >= 15 is 0 Å². The van der Waals surface area contributed by atoms with Crippen LogP contribution in [0.4, 0.5) is 10.1 Å². The SMILES string of the molecule is CC1(C)CCCN(c2ccc(F)cc2CNC2CC2)C1. The van der Waals surface area contributed by atoms with Gasteiger partial charge in [0.15, 0.2) is 0 Å². The van der Waals surface area contributed by atoms with Gasteiger partial charge in [-0.15, -0.1) is 0 Å². The summed E-state index contributed by atoms with van der Waals surface area (Å²) in [5.74, 6) is -0.127. The van der Waals surface area contributed by atoms with Crippen molar-refractivity contribution < 1.29 is 4.39 Å². The summed E-state index contributed by atoms with van der Waals surface area (Å²) in [6, 6.07) is 5.91. The molecule has 110 valence electrons. The number of rotatable bonds is 4. The van der Waals surface area contributed by atoms with Gasteiger partial charge in [-0.1, -0.05) is 13.8 Å². The smallest absolute Gasteiger partial charge is 0.123 e. The zero-order chi connectivity index (χ0) is 14.2. The molecular weight excluding hydrogens is 251 g/mol. The molecular formula is C17H25FN2. The minimum Gasteiger partial charge on any atom is -0.371 e. The fraction of sp³-hybridized carbons (Fsp3) is 0.647. The quantitative estimate of drug-likeness (QED) is 0.902. The lowest BCUT2D eigenvalue weighted by Gasteiger charge is -2.40. The summed E-state index contributed by atoms with van der Waals surface area (Å²) < 4.78 is 13.6. The van der Waals surface area contributed by atoms with E-state index < -0.39 is 0 Å². The van der Waals surface area contributed by atoms with Crippen molar-refractivity contribution in [2.24, 2.45) is 5.41 Å². The second kappa shape index (κ2) is 5.36. The van der Waals surface area contributed by atoms with Crippen LogP contribution in [0.15, 0.2) is 18.2 Å². The van der Waals surface area contributed by atoms with E-state index in [1.807, 2.05) is 6.07 Å². The molecule has 20 heavy (non-hydrogen) atoms. The maximum absolute atomic E-state index is 13.6. The Hall–Kier alpha value is -1.09. The number of halogens is 1. The summed E-state index contributed by atoms with van der Waals surface area (Å²) in [6.07, 6.45) is 5.03. The Balaban J connectivity index is 1.79. The van der Waals surface area contributed by atoms with Crippen molar-refractivity contribution in [1.29, 1.82) is 0 Å². The molecule has 0 amide bonds. The number of benzene rings is 1. The maximum Gasteiger partial charge on any atom is 0.123 e. The van der Waals surface area contributed by atoms with E-state index in [1.54, 1.807) is 12.1 Å². The minimum atomic E-state index is -0.127. The molecule has 1 aliphatic carbocycles. The molecule has 3 rings (SSSR count). The van der Waals surface area contributed by atoms with Crippen LogP contribution in [0.5, 0.6) is 0 Å². The zero-order valence-electron chi connectivity index (χ0n) is 12.6. The third-order valence-corrected chi connectivity index (χ3v) is 4.44. The van der Waals surface area contributed by atoms with Gasteiger partial charge in [-0.2, -0.15) is 0 Å². The normalized spacial score (nSPS) is 22.1. The van der Waals surface area contributed by atoms with Crippen molar-refractivity contribution in [3.05, 3.63) is 29.6 Å². The Morgan fingerprint density at radius 1 is 1.35 bits per heavy atom. The number of nitrogens with zero attached hydrogens (tertiary/aromatic N) is 1. The summed E-state index contributed by atoms with van der Waals surface area (Å²) >= 11 is 0. The van der Waals surface area contributed by atoms with Gasteiger partial charge >= 0.3 is 0 Å². The Bertz CT molecular complexity index is 480. The summed E-state index contributed by atoms with van der Waals surface area (Å²) in [7, 11) is 0. The first-order valence-electron chi connectivity index (χ1n) is 7.80. The van der Waals surface area contributed by atoms with Crippen LogP contribution < -0.4 is 10.2 Å². The summed E-state index contributed by atoms with van der Waals surface area (Å²) in [5, 5.41) is 3.51. The molecule has 1 saturated heterocycles. The van der Waals surface area contributed by atoms with Crippen molar-refractivity contribution in [3.63, 3.8) is 0 Å². The third-order valence-electron chi connectivity index (χ3n) is 4.44. The maximum atomic E-state index is 13.6. The molecule has 3 heteroatoms. The van der Waals surface area contributed by atoms with E-state index in [4.69, 9.17) is 0 Å². The molecule has 2 nitrogen and oxygen atoms in total. The predicted octanol–water partition coefficient (Wildman–Crippen LogP) is 3.70. The van der Waals surface area contributed by atoms with Gasteiger partial charge in [-0.05, 0) is 54.9 Å². The van der Waals surface area contributed by atoms with Gasteiger partial charge < -0.3 is 10.2 Å². The van der Waals surface area contributed by atoms with Crippen LogP contribution in [0.3, 0.4) is 0 Å². The summed E-state index contributed by atoms with van der Waals surface area (Å²) in [4.78, 5) is 2.44. The Labute approximate surface area is 121 Å². The van der Waals surface area contributed by atoms with Crippen LogP contribution in [-0.2, 0) is 6.54 Å². The van der Waals surface area contributed by atoms with E-state index in [0.29, 0.717) is 11.5 Å². The average molecular weight is 276 g/mol. The number of nitrogens with one attached hydrogen (secondary N) is 1. The highest BCUT2D eigenvalue weighted by Crippen LogP contribution is 2.33. The average Bonchev–Trinajstić information content (AvgIpc) is 3.19. The molecule has 0 unspecified atom stereocenters. The van der Waals surface area contributed by atoms with E-state index in [-0.39, 0.29) is 5.82 Å². The zero-order valence-corrected chi connectivity index (χ0v) is 12.6. The van der Waals surface area contributed by atoms with E-state index in [9.17, 15) is 4.39 Å². The van der Waals surface area contributed by atoms with Crippen molar-refractivity contribution in [2.45, 2.75) is 52.1 Å². The van der Waals surface area contributed by atoms with Gasteiger partial charge in [0, 0.05) is 31.4 Å². The van der Waals surface area contributed by atoms with Crippen LogP contribution in [0.25, 0.3) is 0 Å². The topological polar surface area (TPSA) is 15.3 Å². The Morgan fingerprint density at radius 2 is 2.15 bits per heavy atom. The fourth-order valence-electron chi connectivity index (χ4n) is 3.17. The molecule has 1 aliphatic heterocycles. The third kappa shape index (κ3) is 3.32. The van der Waals surface area contributed by atoms with Crippen LogP contribution >= 0.6 is 0 Å². The van der Waals surface area contributed by atoms with Gasteiger partial charge in [-0.3, -0.25) is 0 Å². The first kappa shape index (κ1) is 13.9. The van der Waals surface area contributed by atoms with Crippen molar-refractivity contribution in [3.8, 4) is 0 Å². The van der Waals surface area contributed by atoms with Crippen molar-refractivity contribution in [1.82, 2.24) is 5.32 Å². The molecule has 1 N–H and O–H groups in total. The molecule has 0 radical (unpaired) electrons. The number of anilines is 1. The molecule has 1 saturated carbocycles. The largest absolute Gasteiger partial charge is 0.371 e. The highest BCUT2D eigenvalue weighted by Gasteiger charge is 2.28. The summed E-state index contributed by atoms with van der Waals surface area (Å²) in [5.41, 5.74) is 2.68. The monoisotopic (exact) mass is 276 g/mol. The second-order valence-electron chi connectivity index (χ2n) is 7.12. The fourth-order valence-corrected chi connectivity index (χ4v) is 3.17. The van der Waals surface area contributed by atoms with Gasteiger partial charge in [0.2, 0.25) is 0 Å². The van der Waals surface area contributed by atoms with Gasteiger partial charge in [-0.25, -0.2) is 4.39 Å². The standard InChI is InChI=1S/C17H25FN2/c1-17(2)8-3-9-20(12-17)16-7-4-14(18)10-13(16)11-19-15-5-6-15/h4,7,10,15,19H,3,5-6,8-9,11-12H2,1-2H3. The Kier molecular flexibility index (Phi) is 3.72. The number of hydrogen-bond donors (Lipinski definition) is 1. The molecule has 0 atom stereocenters. The van der Waals surface area contributed by atoms with E-state index in [1.165, 1.54) is 31.4 Å². The predicted molar refractivity (Wildman–Crippen MR) is 81.5 cm³/mol. The molecule has 0 bridgehead atoms. The van der Waals surface area contributed by atoms with E-state index in [0.717, 1.165) is 25.2 Å². The first-order chi connectivity index (χ1) is 9.53. The van der Waals surface area contributed by atoms with Gasteiger partial charge in [0.25, 0.3) is 0 Å². The van der Waals surface area contributed by atoms with Crippen molar-refractivity contribution in [2.75, 3.05) is 18.0 Å². The molecule has 0 aromatic heterocycles. The molecule has 2 fully saturated rings. The first-order valence-corrected chi connectivity index (χ1v) is 7.80. The lowest BCUT2D eigenvalue weighted by atomic mass is 9.84. The Morgan fingerprint density at radius 3 is 2.85 bits per heavy atom. The van der Waals surface area contributed by atoms with Crippen molar-refractivity contribution >= 4 is 5.69 Å². The highest BCUT2D eigenvalue weighted by atomic mass is 19.1. The van der Waals surface area contributed by atoms with Crippen LogP contribution in [0.2, 0.25) is 0 Å². The van der Waals surface area contributed by atoms with Gasteiger partial charge in [0.1, 0.15) is 5.82 Å². The molecule has 1 aromatic rings. The molecule has 0 spiro atoms. The van der Waals surface area contributed by atoms with Crippen LogP contribution in [-0.4, -0.2) is 19.1 Å². The lowest BCUT2D eigenvalue weighted by molar-refractivity contribution is 0.292. The highest BCUT2D eigenvalue weighted by molar-refractivity contribution is 5.54. The van der Waals surface area contributed by atoms with Crippen LogP contribution in [0, 0.1) is 11.2 Å². The van der Waals surface area contributed by atoms with E-state index in [2.05, 4.69) is 24.1 Å². The number of piperidine rings is 1. The molecule has 1 heterocycles. The lowest BCUT2D eigenvalue weighted by Crippen LogP contribution is -2.40. The molecule has 1 aromatic carbocycles. The second-order valence-corrected chi connectivity index (χ2v) is 7.12. The minimum absolute atomic E-state index is 0.127.